The van der Waals surface area contributed by atoms with Gasteiger partial charge in [0, 0.05) is 11.4 Å². The first-order valence-corrected chi connectivity index (χ1v) is 7.96. The van der Waals surface area contributed by atoms with E-state index in [-0.39, 0.29) is 16.6 Å². The van der Waals surface area contributed by atoms with Gasteiger partial charge in [0.2, 0.25) is 0 Å². The molecule has 1 N–H and O–H groups in total. The number of rotatable bonds is 5. The monoisotopic (exact) mass is 369 g/mol. The van der Waals surface area contributed by atoms with Crippen LogP contribution < -0.4 is 5.32 Å². The van der Waals surface area contributed by atoms with Crippen LogP contribution in [0.2, 0.25) is 5.02 Å². The van der Waals surface area contributed by atoms with E-state index < -0.39 is 11.7 Å². The molecule has 2 aromatic rings. The summed E-state index contributed by atoms with van der Waals surface area (Å²) in [5.74, 6) is -1.15. The van der Waals surface area contributed by atoms with Crippen molar-refractivity contribution in [2.75, 3.05) is 5.33 Å². The van der Waals surface area contributed by atoms with E-state index in [1.165, 1.54) is 12.1 Å². The summed E-state index contributed by atoms with van der Waals surface area (Å²) in [6, 6.07) is 14.1. The van der Waals surface area contributed by atoms with Crippen molar-refractivity contribution in [1.82, 2.24) is 5.32 Å². The normalized spacial score (nSPS) is 12.0. The summed E-state index contributed by atoms with van der Waals surface area (Å²) in [7, 11) is 0. The first kappa shape index (κ1) is 16.0. The molecule has 2 rings (SSSR count). The summed E-state index contributed by atoms with van der Waals surface area (Å²) in [5.41, 5.74) is 1.07. The van der Waals surface area contributed by atoms with Gasteiger partial charge in [-0.2, -0.15) is 0 Å². The lowest BCUT2D eigenvalue weighted by atomic mass is 10.1. The van der Waals surface area contributed by atoms with E-state index in [2.05, 4.69) is 21.2 Å². The quantitative estimate of drug-likeness (QED) is 0.785. The van der Waals surface area contributed by atoms with Gasteiger partial charge in [-0.05, 0) is 24.1 Å². The van der Waals surface area contributed by atoms with E-state index >= 15 is 0 Å². The Balaban J connectivity index is 2.08. The minimum absolute atomic E-state index is 0.0403. The van der Waals surface area contributed by atoms with E-state index in [1.807, 2.05) is 30.3 Å². The number of amides is 1. The topological polar surface area (TPSA) is 29.1 Å². The van der Waals surface area contributed by atoms with Gasteiger partial charge in [0.1, 0.15) is 0 Å². The standard InChI is InChI=1S/C16H14BrClFNO/c17-10-12(9-11-5-2-1-3-6-11)20-16(21)13-7-4-8-14(18)15(13)19/h1-8,12H,9-10H2,(H,20,21). The summed E-state index contributed by atoms with van der Waals surface area (Å²) < 4.78 is 13.8. The van der Waals surface area contributed by atoms with Crippen molar-refractivity contribution in [2.24, 2.45) is 0 Å². The Morgan fingerprint density at radius 1 is 1.19 bits per heavy atom. The largest absolute Gasteiger partial charge is 0.348 e. The van der Waals surface area contributed by atoms with Crippen LogP contribution in [0.1, 0.15) is 15.9 Å². The third kappa shape index (κ3) is 4.29. The number of alkyl halides is 1. The summed E-state index contributed by atoms with van der Waals surface area (Å²) >= 11 is 9.07. The molecule has 0 saturated heterocycles. The van der Waals surface area contributed by atoms with Crippen molar-refractivity contribution in [1.29, 1.82) is 0 Å². The Bertz CT molecular complexity index is 621. The fourth-order valence-corrected chi connectivity index (χ4v) is 2.55. The molecule has 5 heteroatoms. The molecule has 1 unspecified atom stereocenters. The van der Waals surface area contributed by atoms with Gasteiger partial charge >= 0.3 is 0 Å². The van der Waals surface area contributed by atoms with Crippen LogP contribution in [0.4, 0.5) is 4.39 Å². The Morgan fingerprint density at radius 3 is 2.57 bits per heavy atom. The highest BCUT2D eigenvalue weighted by Crippen LogP contribution is 2.18. The van der Waals surface area contributed by atoms with Crippen LogP contribution in [-0.4, -0.2) is 17.3 Å². The van der Waals surface area contributed by atoms with Gasteiger partial charge < -0.3 is 5.32 Å². The van der Waals surface area contributed by atoms with Crippen molar-refractivity contribution >= 4 is 33.4 Å². The van der Waals surface area contributed by atoms with E-state index in [0.717, 1.165) is 5.56 Å². The zero-order chi connectivity index (χ0) is 15.2. The first-order chi connectivity index (χ1) is 10.1. The second-order valence-electron chi connectivity index (χ2n) is 4.62. The third-order valence-electron chi connectivity index (χ3n) is 3.04. The molecule has 110 valence electrons. The van der Waals surface area contributed by atoms with Crippen molar-refractivity contribution in [3.63, 3.8) is 0 Å². The smallest absolute Gasteiger partial charge is 0.254 e. The first-order valence-electron chi connectivity index (χ1n) is 6.46. The predicted octanol–water partition coefficient (Wildman–Crippen LogP) is 4.22. The number of benzene rings is 2. The maximum Gasteiger partial charge on any atom is 0.254 e. The maximum absolute atomic E-state index is 13.8. The van der Waals surface area contributed by atoms with Crippen LogP contribution in [-0.2, 0) is 6.42 Å². The summed E-state index contributed by atoms with van der Waals surface area (Å²) in [6.07, 6.45) is 0.667. The van der Waals surface area contributed by atoms with Gasteiger partial charge in [-0.3, -0.25) is 4.79 Å². The molecule has 2 nitrogen and oxygen atoms in total. The van der Waals surface area contributed by atoms with Gasteiger partial charge in [-0.15, -0.1) is 0 Å². The van der Waals surface area contributed by atoms with Crippen molar-refractivity contribution in [3.05, 3.63) is 70.5 Å². The summed E-state index contributed by atoms with van der Waals surface area (Å²) in [6.45, 7) is 0. The molecular formula is C16H14BrClFNO. The Hall–Kier alpha value is -1.39. The molecule has 1 atom stereocenters. The molecule has 0 spiro atoms. The number of carbonyl (C=O) groups is 1. The molecule has 0 heterocycles. The maximum atomic E-state index is 13.8. The van der Waals surface area contributed by atoms with Crippen LogP contribution in [0.15, 0.2) is 48.5 Å². The Labute approximate surface area is 136 Å². The third-order valence-corrected chi connectivity index (χ3v) is 4.12. The van der Waals surface area contributed by atoms with Gasteiger partial charge in [0.15, 0.2) is 5.82 Å². The molecule has 0 saturated carbocycles. The van der Waals surface area contributed by atoms with Crippen molar-refractivity contribution in [2.45, 2.75) is 12.5 Å². The van der Waals surface area contributed by atoms with E-state index in [0.29, 0.717) is 11.8 Å². The van der Waals surface area contributed by atoms with Gasteiger partial charge in [0.25, 0.3) is 5.91 Å². The highest BCUT2D eigenvalue weighted by molar-refractivity contribution is 9.09. The average Bonchev–Trinajstić information content (AvgIpc) is 2.50. The van der Waals surface area contributed by atoms with Gasteiger partial charge in [-0.1, -0.05) is 63.9 Å². The summed E-state index contributed by atoms with van der Waals surface area (Å²) in [5, 5.41) is 3.34. The van der Waals surface area contributed by atoms with E-state index in [9.17, 15) is 9.18 Å². The molecule has 0 bridgehead atoms. The SMILES string of the molecule is O=C(NC(CBr)Cc1ccccc1)c1cccc(Cl)c1F. The fourth-order valence-electron chi connectivity index (χ4n) is 1.99. The molecule has 0 aliphatic rings. The number of hydrogen-bond donors (Lipinski definition) is 1. The molecule has 0 radical (unpaired) electrons. The number of nitrogens with one attached hydrogen (secondary N) is 1. The predicted molar refractivity (Wildman–Crippen MR) is 86.6 cm³/mol. The minimum atomic E-state index is -0.690. The molecular weight excluding hydrogens is 357 g/mol. The minimum Gasteiger partial charge on any atom is -0.348 e. The zero-order valence-corrected chi connectivity index (χ0v) is 13.5. The van der Waals surface area contributed by atoms with Crippen LogP contribution in [0.25, 0.3) is 0 Å². The zero-order valence-electron chi connectivity index (χ0n) is 11.2. The molecule has 0 fully saturated rings. The van der Waals surface area contributed by atoms with Crippen molar-refractivity contribution in [3.8, 4) is 0 Å². The average molecular weight is 371 g/mol. The van der Waals surface area contributed by atoms with Gasteiger partial charge in [-0.25, -0.2) is 4.39 Å². The lowest BCUT2D eigenvalue weighted by Crippen LogP contribution is -2.38. The number of hydrogen-bond acceptors (Lipinski definition) is 1. The van der Waals surface area contributed by atoms with Gasteiger partial charge in [0.05, 0.1) is 10.6 Å². The van der Waals surface area contributed by atoms with E-state index in [1.54, 1.807) is 6.07 Å². The molecule has 0 aliphatic carbocycles. The second kappa shape index (κ2) is 7.57. The van der Waals surface area contributed by atoms with Crippen LogP contribution in [0, 0.1) is 5.82 Å². The fraction of sp³-hybridized carbons (Fsp3) is 0.188. The lowest BCUT2D eigenvalue weighted by Gasteiger charge is -2.17. The van der Waals surface area contributed by atoms with E-state index in [4.69, 9.17) is 11.6 Å². The van der Waals surface area contributed by atoms with Crippen LogP contribution >= 0.6 is 27.5 Å². The summed E-state index contributed by atoms with van der Waals surface area (Å²) in [4.78, 5) is 12.1. The second-order valence-corrected chi connectivity index (χ2v) is 5.67. The Morgan fingerprint density at radius 2 is 1.90 bits per heavy atom. The number of carbonyl (C=O) groups excluding carboxylic acids is 1. The molecule has 21 heavy (non-hydrogen) atoms. The highest BCUT2D eigenvalue weighted by atomic mass is 79.9. The Kier molecular flexibility index (Phi) is 5.76. The molecule has 1 amide bonds. The van der Waals surface area contributed by atoms with Crippen molar-refractivity contribution < 1.29 is 9.18 Å². The molecule has 0 aromatic heterocycles. The van der Waals surface area contributed by atoms with Crippen LogP contribution in [0.3, 0.4) is 0 Å². The van der Waals surface area contributed by atoms with Crippen LogP contribution in [0.5, 0.6) is 0 Å². The molecule has 2 aromatic carbocycles. The molecule has 0 aliphatic heterocycles. The number of halogens is 3. The highest BCUT2D eigenvalue weighted by Gasteiger charge is 2.17. The lowest BCUT2D eigenvalue weighted by molar-refractivity contribution is 0.0937.